The summed E-state index contributed by atoms with van der Waals surface area (Å²) in [6.45, 7) is 6.22. The minimum Gasteiger partial charge on any atom is -0.662 e. The van der Waals surface area contributed by atoms with E-state index in [4.69, 9.17) is 0 Å². The minimum absolute atomic E-state index is 0. The van der Waals surface area contributed by atoms with Gasteiger partial charge in [0.05, 0.1) is 0 Å². The maximum absolute atomic E-state index is 4.09. The van der Waals surface area contributed by atoms with Crippen molar-refractivity contribution in [3.05, 3.63) is 5.32 Å². The second-order valence-electron chi connectivity index (χ2n) is 1.26. The van der Waals surface area contributed by atoms with Crippen LogP contribution in [-0.4, -0.2) is 13.1 Å². The first-order valence-electron chi connectivity index (χ1n) is 2.55. The summed E-state index contributed by atoms with van der Waals surface area (Å²) in [6, 6.07) is 0. The third-order valence-corrected chi connectivity index (χ3v) is 0.605. The van der Waals surface area contributed by atoms with E-state index >= 15 is 0 Å². The molecule has 43 valence electrons. The topological polar surface area (TPSA) is 14.1 Å². The van der Waals surface area contributed by atoms with Crippen LogP contribution in [0.2, 0.25) is 0 Å². The van der Waals surface area contributed by atoms with Crippen LogP contribution in [0.4, 0.5) is 0 Å². The third-order valence-electron chi connectivity index (χ3n) is 0.605. The fraction of sp³-hybridized carbons (Fsp3) is 1.00. The average Bonchev–Trinajstić information content (AvgIpc) is 1.61. The molecule has 0 aromatic carbocycles. The fourth-order valence-corrected chi connectivity index (χ4v) is 0.316. The van der Waals surface area contributed by atoms with Crippen LogP contribution in [0.5, 0.6) is 0 Å². The fourth-order valence-electron chi connectivity index (χ4n) is 0.316. The van der Waals surface area contributed by atoms with Gasteiger partial charge in [-0.2, -0.15) is 6.54 Å². The van der Waals surface area contributed by atoms with Gasteiger partial charge in [0.25, 0.3) is 0 Å². The quantitative estimate of drug-likeness (QED) is 0.526. The van der Waals surface area contributed by atoms with Crippen molar-refractivity contribution >= 4 is 0 Å². The molecule has 0 bridgehead atoms. The zero-order chi connectivity index (χ0) is 4.83. The van der Waals surface area contributed by atoms with Crippen molar-refractivity contribution in [1.82, 2.24) is 0 Å². The minimum atomic E-state index is 0. The van der Waals surface area contributed by atoms with Crippen LogP contribution in [0, 0.1) is 0 Å². The Balaban J connectivity index is 0. The average molecular weight is 137 g/mol. The molecule has 0 aromatic heterocycles. The summed E-state index contributed by atoms with van der Waals surface area (Å²) in [5.41, 5.74) is 0. The van der Waals surface area contributed by atoms with Gasteiger partial charge in [-0.05, 0) is 0 Å². The van der Waals surface area contributed by atoms with E-state index in [1.807, 2.05) is 0 Å². The van der Waals surface area contributed by atoms with E-state index in [0.29, 0.717) is 0 Å². The maximum Gasteiger partial charge on any atom is 0 e. The second-order valence-corrected chi connectivity index (χ2v) is 1.26. The van der Waals surface area contributed by atoms with Gasteiger partial charge in [-0.25, -0.2) is 0 Å². The Morgan fingerprint density at radius 2 is 1.86 bits per heavy atom. The molecule has 0 spiro atoms. The van der Waals surface area contributed by atoms with Gasteiger partial charge in [-0.3, -0.25) is 0 Å². The van der Waals surface area contributed by atoms with E-state index in [-0.39, 0.29) is 18.6 Å². The standard InChI is InChI=1S/C5H12N.V/c1-3-5-6-4-2;/h3-5H2,1-2H3;/q-1;. The molecule has 0 aliphatic heterocycles. The van der Waals surface area contributed by atoms with Gasteiger partial charge in [-0.1, -0.05) is 20.3 Å². The molecular weight excluding hydrogens is 125 g/mol. The van der Waals surface area contributed by atoms with Crippen LogP contribution in [0.1, 0.15) is 20.3 Å². The van der Waals surface area contributed by atoms with E-state index in [1.54, 1.807) is 0 Å². The summed E-state index contributed by atoms with van der Waals surface area (Å²) in [7, 11) is 0. The predicted molar refractivity (Wildman–Crippen MR) is 29.1 cm³/mol. The number of hydrogen-bond donors (Lipinski definition) is 0. The summed E-state index contributed by atoms with van der Waals surface area (Å²) < 4.78 is 0. The molecule has 1 radical (unpaired) electrons. The van der Waals surface area contributed by atoms with Gasteiger partial charge < -0.3 is 5.32 Å². The Kier molecular flexibility index (Phi) is 14.6. The normalized spacial score (nSPS) is 7.71. The van der Waals surface area contributed by atoms with Crippen LogP contribution >= 0.6 is 0 Å². The molecule has 0 atom stereocenters. The molecule has 0 aromatic rings. The van der Waals surface area contributed by atoms with Crippen LogP contribution < -0.4 is 0 Å². The molecule has 0 unspecified atom stereocenters. The van der Waals surface area contributed by atoms with Crippen molar-refractivity contribution in [1.29, 1.82) is 0 Å². The summed E-state index contributed by atoms with van der Waals surface area (Å²) in [5, 5.41) is 4.09. The van der Waals surface area contributed by atoms with E-state index in [1.165, 1.54) is 6.42 Å². The van der Waals surface area contributed by atoms with Gasteiger partial charge in [0.1, 0.15) is 0 Å². The Hall–Kier alpha value is 0.544. The molecule has 0 heterocycles. The maximum atomic E-state index is 4.09. The Morgan fingerprint density at radius 3 is 2.00 bits per heavy atom. The van der Waals surface area contributed by atoms with Gasteiger partial charge in [0.15, 0.2) is 0 Å². The van der Waals surface area contributed by atoms with Gasteiger partial charge >= 0.3 is 0 Å². The van der Waals surface area contributed by atoms with Gasteiger partial charge in [0.2, 0.25) is 0 Å². The molecule has 0 saturated heterocycles. The van der Waals surface area contributed by atoms with Crippen molar-refractivity contribution in [2.75, 3.05) is 13.1 Å². The van der Waals surface area contributed by atoms with Crippen LogP contribution in [0.3, 0.4) is 0 Å². The molecule has 0 N–H and O–H groups in total. The smallest absolute Gasteiger partial charge is 0 e. The predicted octanol–water partition coefficient (Wildman–Crippen LogP) is 1.79. The van der Waals surface area contributed by atoms with E-state index in [9.17, 15) is 0 Å². The number of rotatable bonds is 3. The second kappa shape index (κ2) is 9.74. The van der Waals surface area contributed by atoms with Gasteiger partial charge in [-0.15, -0.1) is 6.54 Å². The molecule has 0 fully saturated rings. The largest absolute Gasteiger partial charge is 0.662 e. The summed E-state index contributed by atoms with van der Waals surface area (Å²) in [5.74, 6) is 0. The number of hydrogen-bond acceptors (Lipinski definition) is 0. The zero-order valence-corrected chi connectivity index (χ0v) is 6.41. The zero-order valence-electron chi connectivity index (χ0n) is 5.02. The monoisotopic (exact) mass is 137 g/mol. The third kappa shape index (κ3) is 10.8. The van der Waals surface area contributed by atoms with Crippen molar-refractivity contribution in [2.45, 2.75) is 20.3 Å². The molecule has 0 saturated carbocycles. The van der Waals surface area contributed by atoms with Crippen molar-refractivity contribution < 1.29 is 18.6 Å². The van der Waals surface area contributed by atoms with Crippen LogP contribution in [0.15, 0.2) is 0 Å². The van der Waals surface area contributed by atoms with E-state index in [0.717, 1.165) is 13.1 Å². The first-order valence-corrected chi connectivity index (χ1v) is 2.55. The summed E-state index contributed by atoms with van der Waals surface area (Å²) in [6.07, 6.45) is 1.19. The summed E-state index contributed by atoms with van der Waals surface area (Å²) >= 11 is 0. The first kappa shape index (κ1) is 10.5. The SMILES string of the molecule is CCC[N-]CC.[V]. The molecule has 2 heteroatoms. The number of nitrogens with zero attached hydrogens (tertiary/aromatic N) is 1. The molecule has 0 aliphatic carbocycles. The Morgan fingerprint density at radius 1 is 1.29 bits per heavy atom. The molecule has 0 amide bonds. The van der Waals surface area contributed by atoms with Crippen LogP contribution in [-0.2, 0) is 18.6 Å². The molecule has 1 nitrogen and oxygen atoms in total. The van der Waals surface area contributed by atoms with E-state index in [2.05, 4.69) is 19.2 Å². The Labute approximate surface area is 57.8 Å². The van der Waals surface area contributed by atoms with Crippen molar-refractivity contribution in [2.24, 2.45) is 0 Å². The molecular formula is C5H12NV-. The first-order chi connectivity index (χ1) is 2.91. The van der Waals surface area contributed by atoms with Crippen LogP contribution in [0.25, 0.3) is 5.32 Å². The van der Waals surface area contributed by atoms with Gasteiger partial charge in [0, 0.05) is 18.6 Å². The Bertz CT molecular complexity index is 20.0. The molecule has 0 rings (SSSR count). The van der Waals surface area contributed by atoms with Crippen molar-refractivity contribution in [3.8, 4) is 0 Å². The van der Waals surface area contributed by atoms with E-state index < -0.39 is 0 Å². The van der Waals surface area contributed by atoms with Crippen molar-refractivity contribution in [3.63, 3.8) is 0 Å². The summed E-state index contributed by atoms with van der Waals surface area (Å²) in [4.78, 5) is 0. The molecule has 7 heavy (non-hydrogen) atoms. The molecule has 0 aliphatic rings.